The van der Waals surface area contributed by atoms with E-state index in [4.69, 9.17) is 14.5 Å². The van der Waals surface area contributed by atoms with Crippen molar-refractivity contribution < 1.29 is 9.47 Å². The molecule has 172 valence electrons. The van der Waals surface area contributed by atoms with Crippen LogP contribution in [0.2, 0.25) is 0 Å². The highest BCUT2D eigenvalue weighted by molar-refractivity contribution is 9.10. The number of aromatic nitrogens is 1. The van der Waals surface area contributed by atoms with E-state index in [1.807, 2.05) is 41.0 Å². The Morgan fingerprint density at radius 2 is 1.83 bits per heavy atom. The molecule has 7 heteroatoms. The van der Waals surface area contributed by atoms with Gasteiger partial charge in [0.05, 0.1) is 16.3 Å². The summed E-state index contributed by atoms with van der Waals surface area (Å²) in [4.78, 5) is 19.6. The van der Waals surface area contributed by atoms with Crippen molar-refractivity contribution in [2.45, 2.75) is 18.9 Å². The van der Waals surface area contributed by atoms with Crippen molar-refractivity contribution in [2.75, 3.05) is 6.79 Å². The molecule has 0 saturated carbocycles. The van der Waals surface area contributed by atoms with Crippen LogP contribution in [0.15, 0.2) is 86.6 Å². The van der Waals surface area contributed by atoms with Gasteiger partial charge in [-0.3, -0.25) is 9.36 Å². The molecule has 4 aromatic rings. The Balaban J connectivity index is 1.46. The largest absolute Gasteiger partial charge is 0.454 e. The normalized spacial score (nSPS) is 18.1. The zero-order valence-corrected chi connectivity index (χ0v) is 20.9. The monoisotopic (exact) mass is 542 g/mol. The first kappa shape index (κ1) is 20.9. The Morgan fingerprint density at radius 3 is 2.71 bits per heavy atom. The van der Waals surface area contributed by atoms with Crippen LogP contribution in [0.4, 0.5) is 0 Å². The molecule has 3 aliphatic rings. The van der Waals surface area contributed by atoms with Gasteiger partial charge >= 0.3 is 0 Å². The number of fused-ring (bicyclic) bond motifs is 4. The van der Waals surface area contributed by atoms with Crippen molar-refractivity contribution in [1.29, 1.82) is 0 Å². The number of thiazole rings is 1. The minimum atomic E-state index is -0.179. The van der Waals surface area contributed by atoms with Crippen LogP contribution in [-0.4, -0.2) is 11.4 Å². The number of rotatable bonds is 2. The lowest BCUT2D eigenvalue weighted by Gasteiger charge is -2.30. The van der Waals surface area contributed by atoms with Crippen LogP contribution in [0.3, 0.4) is 0 Å². The molecule has 3 aromatic carbocycles. The predicted molar refractivity (Wildman–Crippen MR) is 139 cm³/mol. The van der Waals surface area contributed by atoms with Crippen LogP contribution < -0.4 is 24.4 Å². The van der Waals surface area contributed by atoms with Crippen LogP contribution in [0.5, 0.6) is 11.5 Å². The first-order chi connectivity index (χ1) is 17.2. The predicted octanol–water partition coefficient (Wildman–Crippen LogP) is 4.81. The molecule has 1 aromatic heterocycles. The van der Waals surface area contributed by atoms with E-state index in [-0.39, 0.29) is 18.4 Å². The van der Waals surface area contributed by atoms with E-state index >= 15 is 0 Å². The van der Waals surface area contributed by atoms with Crippen LogP contribution in [0, 0.1) is 0 Å². The van der Waals surface area contributed by atoms with Gasteiger partial charge in [0.2, 0.25) is 6.79 Å². The van der Waals surface area contributed by atoms with Gasteiger partial charge in [0.25, 0.3) is 5.56 Å². The van der Waals surface area contributed by atoms with Crippen LogP contribution in [0.25, 0.3) is 11.8 Å². The standard InChI is InChI=1S/C28H19BrN2O3S/c29-19-9-6-18(7-10-19)26-21-11-8-17-3-1-2-4-20(17)25(21)30-28-31(26)27(32)24(35-28)14-16-5-12-22-23(13-16)34-15-33-22/h1-7,9-10,12-14,26H,8,11,15H2/b24-14-. The number of halogens is 1. The molecule has 0 N–H and O–H groups in total. The fourth-order valence-electron chi connectivity index (χ4n) is 5.12. The lowest BCUT2D eigenvalue weighted by molar-refractivity contribution is 0.174. The van der Waals surface area contributed by atoms with Gasteiger partial charge in [0, 0.05) is 10.0 Å². The van der Waals surface area contributed by atoms with Crippen molar-refractivity contribution in [1.82, 2.24) is 4.57 Å². The Hall–Kier alpha value is -3.42. The summed E-state index contributed by atoms with van der Waals surface area (Å²) in [6.07, 6.45) is 3.74. The SMILES string of the molecule is O=c1/c(=C/c2ccc3c(c2)OCO3)sc2n1C(c1ccc(Br)cc1)C1=C(N=2)c2ccccc2CC1. The van der Waals surface area contributed by atoms with E-state index in [1.165, 1.54) is 28.0 Å². The van der Waals surface area contributed by atoms with E-state index in [1.54, 1.807) is 0 Å². The third-order valence-electron chi connectivity index (χ3n) is 6.75. The number of ether oxygens (including phenoxy) is 2. The summed E-state index contributed by atoms with van der Waals surface area (Å²) in [5, 5.41) is 0. The number of allylic oxidation sites excluding steroid dienone is 1. The maximum absolute atomic E-state index is 13.8. The molecule has 0 spiro atoms. The topological polar surface area (TPSA) is 52.8 Å². The van der Waals surface area contributed by atoms with Gasteiger partial charge in [-0.15, -0.1) is 0 Å². The molecule has 3 heterocycles. The molecule has 1 atom stereocenters. The van der Waals surface area contributed by atoms with Crippen LogP contribution in [-0.2, 0) is 6.42 Å². The molecule has 2 aliphatic heterocycles. The Bertz CT molecular complexity index is 1720. The zero-order chi connectivity index (χ0) is 23.5. The number of nitrogens with zero attached hydrogens (tertiary/aromatic N) is 2. The zero-order valence-electron chi connectivity index (χ0n) is 18.5. The van der Waals surface area contributed by atoms with Gasteiger partial charge < -0.3 is 9.47 Å². The molecule has 35 heavy (non-hydrogen) atoms. The Morgan fingerprint density at radius 1 is 1.00 bits per heavy atom. The lowest BCUT2D eigenvalue weighted by atomic mass is 9.83. The highest BCUT2D eigenvalue weighted by Gasteiger charge is 2.32. The molecule has 0 saturated heterocycles. The highest BCUT2D eigenvalue weighted by Crippen LogP contribution is 2.41. The van der Waals surface area contributed by atoms with Crippen molar-refractivity contribution in [3.63, 3.8) is 0 Å². The molecule has 0 amide bonds. The summed E-state index contributed by atoms with van der Waals surface area (Å²) in [5.41, 5.74) is 6.65. The molecular formula is C28H19BrN2O3S. The smallest absolute Gasteiger partial charge is 0.271 e. The number of hydrogen-bond donors (Lipinski definition) is 0. The van der Waals surface area contributed by atoms with E-state index < -0.39 is 0 Å². The molecule has 5 nitrogen and oxygen atoms in total. The Labute approximate surface area is 213 Å². The second-order valence-corrected chi connectivity index (χ2v) is 10.7. The summed E-state index contributed by atoms with van der Waals surface area (Å²) < 4.78 is 14.5. The molecule has 1 unspecified atom stereocenters. The van der Waals surface area contributed by atoms with E-state index in [0.29, 0.717) is 10.3 Å². The quantitative estimate of drug-likeness (QED) is 0.365. The summed E-state index contributed by atoms with van der Waals surface area (Å²) in [7, 11) is 0. The third-order valence-corrected chi connectivity index (χ3v) is 8.26. The average molecular weight is 543 g/mol. The Kier molecular flexibility index (Phi) is 4.82. The van der Waals surface area contributed by atoms with Crippen molar-refractivity contribution in [3.8, 4) is 11.5 Å². The number of aryl methyl sites for hydroxylation is 1. The van der Waals surface area contributed by atoms with E-state index in [2.05, 4.69) is 52.3 Å². The maximum atomic E-state index is 13.8. The number of hydrogen-bond acceptors (Lipinski definition) is 5. The van der Waals surface area contributed by atoms with Gasteiger partial charge in [-0.05, 0) is 65.4 Å². The minimum absolute atomic E-state index is 0.0234. The molecule has 0 radical (unpaired) electrons. The second-order valence-electron chi connectivity index (χ2n) is 8.78. The lowest BCUT2D eigenvalue weighted by Crippen LogP contribution is -2.38. The molecule has 1 aliphatic carbocycles. The van der Waals surface area contributed by atoms with Gasteiger partial charge in [-0.2, -0.15) is 0 Å². The second kappa shape index (κ2) is 8.07. The van der Waals surface area contributed by atoms with Crippen LogP contribution >= 0.6 is 27.3 Å². The first-order valence-electron chi connectivity index (χ1n) is 11.4. The van der Waals surface area contributed by atoms with Gasteiger partial charge in [0.1, 0.15) is 0 Å². The molecular weight excluding hydrogens is 524 g/mol. The van der Waals surface area contributed by atoms with Crippen molar-refractivity contribution in [3.05, 3.63) is 119 Å². The van der Waals surface area contributed by atoms with E-state index in [9.17, 15) is 4.79 Å². The van der Waals surface area contributed by atoms with Crippen LogP contribution in [0.1, 0.15) is 34.7 Å². The van der Waals surface area contributed by atoms with E-state index in [0.717, 1.165) is 44.7 Å². The fraction of sp³-hybridized carbons (Fsp3) is 0.143. The summed E-state index contributed by atoms with van der Waals surface area (Å²) in [6.45, 7) is 0.223. The van der Waals surface area contributed by atoms with Gasteiger partial charge in [-0.1, -0.05) is 69.7 Å². The fourth-order valence-corrected chi connectivity index (χ4v) is 6.39. The van der Waals surface area contributed by atoms with Gasteiger partial charge in [0.15, 0.2) is 16.3 Å². The summed E-state index contributed by atoms with van der Waals surface area (Å²) >= 11 is 4.98. The molecule has 0 bridgehead atoms. The summed E-state index contributed by atoms with van der Waals surface area (Å²) in [5.74, 6) is 1.43. The minimum Gasteiger partial charge on any atom is -0.454 e. The average Bonchev–Trinajstić information content (AvgIpc) is 3.47. The molecule has 0 fully saturated rings. The summed E-state index contributed by atoms with van der Waals surface area (Å²) in [6, 6.07) is 22.3. The van der Waals surface area contributed by atoms with Crippen molar-refractivity contribution >= 4 is 39.0 Å². The maximum Gasteiger partial charge on any atom is 0.271 e. The van der Waals surface area contributed by atoms with Crippen molar-refractivity contribution in [2.24, 2.45) is 4.99 Å². The number of benzene rings is 3. The third kappa shape index (κ3) is 3.41. The highest BCUT2D eigenvalue weighted by atomic mass is 79.9. The van der Waals surface area contributed by atoms with Gasteiger partial charge in [-0.25, -0.2) is 4.99 Å². The first-order valence-corrected chi connectivity index (χ1v) is 13.0. The molecule has 7 rings (SSSR count).